The van der Waals surface area contributed by atoms with Crippen LogP contribution in [0.3, 0.4) is 0 Å². The van der Waals surface area contributed by atoms with E-state index >= 15 is 0 Å². The Balaban J connectivity index is 2.58. The first-order valence-electron chi connectivity index (χ1n) is 6.69. The smallest absolute Gasteiger partial charge is 0.339 e. The van der Waals surface area contributed by atoms with Crippen LogP contribution in [0.5, 0.6) is 5.75 Å². The molecular weight excluding hydrogens is 252 g/mol. The van der Waals surface area contributed by atoms with Crippen molar-refractivity contribution in [2.24, 2.45) is 0 Å². The molecule has 2 rings (SSSR count). The van der Waals surface area contributed by atoms with Crippen molar-refractivity contribution in [1.29, 1.82) is 0 Å². The van der Waals surface area contributed by atoms with E-state index in [0.29, 0.717) is 12.0 Å². The largest absolute Gasteiger partial charge is 0.507 e. The van der Waals surface area contributed by atoms with E-state index in [0.717, 1.165) is 11.1 Å². The van der Waals surface area contributed by atoms with E-state index in [4.69, 9.17) is 0 Å². The summed E-state index contributed by atoms with van der Waals surface area (Å²) in [6.45, 7) is 3.95. The fraction of sp³-hybridized carbons (Fsp3) is 0.235. The molecule has 3 nitrogen and oxygen atoms in total. The van der Waals surface area contributed by atoms with Gasteiger partial charge >= 0.3 is 5.97 Å². The monoisotopic (exact) mass is 270 g/mol. The number of aromatic hydroxyl groups is 1. The van der Waals surface area contributed by atoms with Gasteiger partial charge < -0.3 is 10.2 Å². The molecule has 0 aliphatic heterocycles. The zero-order valence-electron chi connectivity index (χ0n) is 11.6. The molecule has 20 heavy (non-hydrogen) atoms. The van der Waals surface area contributed by atoms with Gasteiger partial charge in [0.25, 0.3) is 0 Å². The molecule has 0 heterocycles. The molecule has 0 saturated carbocycles. The Kier molecular flexibility index (Phi) is 4.08. The third-order valence-corrected chi connectivity index (χ3v) is 3.66. The summed E-state index contributed by atoms with van der Waals surface area (Å²) in [6, 6.07) is 13.2. The molecule has 2 aromatic rings. The van der Waals surface area contributed by atoms with Crippen LogP contribution in [-0.4, -0.2) is 16.2 Å². The van der Waals surface area contributed by atoms with Gasteiger partial charge in [-0.3, -0.25) is 0 Å². The van der Waals surface area contributed by atoms with Crippen molar-refractivity contribution in [3.63, 3.8) is 0 Å². The second-order valence-electron chi connectivity index (χ2n) is 4.82. The number of aromatic carboxylic acids is 1. The number of hydrogen-bond donors (Lipinski definition) is 2. The predicted octanol–water partition coefficient (Wildman–Crippen LogP) is 3.80. The van der Waals surface area contributed by atoms with Crippen molar-refractivity contribution >= 4 is 5.97 Å². The number of benzene rings is 2. The molecule has 2 aromatic carbocycles. The van der Waals surface area contributed by atoms with Gasteiger partial charge in [0.1, 0.15) is 11.3 Å². The number of hydrogen-bond acceptors (Lipinski definition) is 2. The molecule has 1 atom stereocenters. The van der Waals surface area contributed by atoms with Crippen LogP contribution in [0.4, 0.5) is 0 Å². The lowest BCUT2D eigenvalue weighted by molar-refractivity contribution is 0.0692. The van der Waals surface area contributed by atoms with E-state index in [1.165, 1.54) is 6.07 Å². The Morgan fingerprint density at radius 2 is 1.80 bits per heavy atom. The topological polar surface area (TPSA) is 57.5 Å². The summed E-state index contributed by atoms with van der Waals surface area (Å²) >= 11 is 0. The third-order valence-electron chi connectivity index (χ3n) is 3.66. The molecule has 0 aromatic heterocycles. The van der Waals surface area contributed by atoms with Crippen molar-refractivity contribution in [3.05, 3.63) is 64.7 Å². The number of carboxylic acids is 1. The molecule has 3 heteroatoms. The van der Waals surface area contributed by atoms with Crippen LogP contribution in [0.15, 0.2) is 42.5 Å². The highest BCUT2D eigenvalue weighted by atomic mass is 16.4. The van der Waals surface area contributed by atoms with Gasteiger partial charge in [0, 0.05) is 5.92 Å². The van der Waals surface area contributed by atoms with Gasteiger partial charge in [0.15, 0.2) is 0 Å². The summed E-state index contributed by atoms with van der Waals surface area (Å²) in [6.07, 6.45) is 0.572. The molecule has 0 bridgehead atoms. The molecule has 0 fully saturated rings. The van der Waals surface area contributed by atoms with Crippen molar-refractivity contribution in [2.45, 2.75) is 26.2 Å². The van der Waals surface area contributed by atoms with Crippen LogP contribution in [0.25, 0.3) is 0 Å². The van der Waals surface area contributed by atoms with Gasteiger partial charge in [-0.1, -0.05) is 50.2 Å². The lowest BCUT2D eigenvalue weighted by Crippen LogP contribution is -2.08. The number of carbonyl (C=O) groups is 1. The molecule has 0 aliphatic rings. The molecule has 0 aliphatic carbocycles. The molecule has 0 spiro atoms. The van der Waals surface area contributed by atoms with Crippen molar-refractivity contribution in [1.82, 2.24) is 0 Å². The minimum atomic E-state index is -1.08. The Morgan fingerprint density at radius 3 is 2.35 bits per heavy atom. The summed E-state index contributed by atoms with van der Waals surface area (Å²) < 4.78 is 0. The SMILES string of the molecule is CCc1c(C(C)c2ccccc2)ccc(O)c1C(=O)O. The lowest BCUT2D eigenvalue weighted by atomic mass is 9.86. The molecular formula is C17H18O3. The van der Waals surface area contributed by atoms with Crippen LogP contribution in [0, 0.1) is 0 Å². The highest BCUT2D eigenvalue weighted by molar-refractivity contribution is 5.93. The number of rotatable bonds is 4. The van der Waals surface area contributed by atoms with Crippen LogP contribution < -0.4 is 0 Å². The molecule has 104 valence electrons. The highest BCUT2D eigenvalue weighted by Gasteiger charge is 2.21. The maximum atomic E-state index is 11.4. The first-order valence-corrected chi connectivity index (χ1v) is 6.69. The van der Waals surface area contributed by atoms with Crippen LogP contribution >= 0.6 is 0 Å². The van der Waals surface area contributed by atoms with E-state index < -0.39 is 5.97 Å². The molecule has 2 N–H and O–H groups in total. The quantitative estimate of drug-likeness (QED) is 0.888. The average molecular weight is 270 g/mol. The minimum absolute atomic E-state index is 0.0211. The summed E-state index contributed by atoms with van der Waals surface area (Å²) in [5.74, 6) is -1.16. The van der Waals surface area contributed by atoms with Crippen molar-refractivity contribution in [3.8, 4) is 5.75 Å². The second-order valence-corrected chi connectivity index (χ2v) is 4.82. The van der Waals surface area contributed by atoms with E-state index in [2.05, 4.69) is 0 Å². The Hall–Kier alpha value is -2.29. The Bertz CT molecular complexity index is 618. The van der Waals surface area contributed by atoms with Crippen molar-refractivity contribution < 1.29 is 15.0 Å². The second kappa shape index (κ2) is 5.78. The maximum absolute atomic E-state index is 11.4. The predicted molar refractivity (Wildman–Crippen MR) is 78.4 cm³/mol. The van der Waals surface area contributed by atoms with Gasteiger partial charge in [-0.25, -0.2) is 4.79 Å². The van der Waals surface area contributed by atoms with Gasteiger partial charge in [0.2, 0.25) is 0 Å². The van der Waals surface area contributed by atoms with E-state index in [-0.39, 0.29) is 17.2 Å². The fourth-order valence-corrected chi connectivity index (χ4v) is 2.60. The minimum Gasteiger partial charge on any atom is -0.507 e. The van der Waals surface area contributed by atoms with Crippen molar-refractivity contribution in [2.75, 3.05) is 0 Å². The van der Waals surface area contributed by atoms with Gasteiger partial charge in [-0.15, -0.1) is 0 Å². The zero-order chi connectivity index (χ0) is 14.7. The molecule has 0 amide bonds. The Morgan fingerprint density at radius 1 is 1.15 bits per heavy atom. The summed E-state index contributed by atoms with van der Waals surface area (Å²) in [5, 5.41) is 19.1. The van der Waals surface area contributed by atoms with E-state index in [9.17, 15) is 15.0 Å². The van der Waals surface area contributed by atoms with E-state index in [1.807, 2.05) is 50.2 Å². The van der Waals surface area contributed by atoms with Crippen LogP contribution in [0.2, 0.25) is 0 Å². The van der Waals surface area contributed by atoms with Crippen LogP contribution in [0.1, 0.15) is 46.8 Å². The number of phenols is 1. The van der Waals surface area contributed by atoms with Gasteiger partial charge in [-0.05, 0) is 29.2 Å². The summed E-state index contributed by atoms with van der Waals surface area (Å²) in [5.41, 5.74) is 2.81. The van der Waals surface area contributed by atoms with Gasteiger partial charge in [-0.2, -0.15) is 0 Å². The summed E-state index contributed by atoms with van der Waals surface area (Å²) in [4.78, 5) is 11.4. The normalized spacial score (nSPS) is 12.1. The summed E-state index contributed by atoms with van der Waals surface area (Å²) in [7, 11) is 0. The first kappa shape index (κ1) is 14.1. The zero-order valence-corrected chi connectivity index (χ0v) is 11.6. The maximum Gasteiger partial charge on any atom is 0.339 e. The molecule has 0 saturated heterocycles. The third kappa shape index (κ3) is 2.52. The number of carboxylic acid groups (broad SMARTS) is 1. The first-order chi connectivity index (χ1) is 9.56. The van der Waals surface area contributed by atoms with Crippen LogP contribution in [-0.2, 0) is 6.42 Å². The molecule has 1 unspecified atom stereocenters. The fourth-order valence-electron chi connectivity index (χ4n) is 2.60. The average Bonchev–Trinajstić information content (AvgIpc) is 2.46. The lowest BCUT2D eigenvalue weighted by Gasteiger charge is -2.19. The highest BCUT2D eigenvalue weighted by Crippen LogP contribution is 2.33. The standard InChI is InChI=1S/C17H18O3/c1-3-13-14(9-10-15(18)16(13)17(19)20)11(2)12-7-5-4-6-8-12/h4-11,18H,3H2,1-2H3,(H,19,20). The molecule has 0 radical (unpaired) electrons. The van der Waals surface area contributed by atoms with E-state index in [1.54, 1.807) is 0 Å². The Labute approximate surface area is 118 Å². The van der Waals surface area contributed by atoms with Gasteiger partial charge in [0.05, 0.1) is 0 Å².